The van der Waals surface area contributed by atoms with Gasteiger partial charge >= 0.3 is 0 Å². The molecule has 0 spiro atoms. The molecule has 2 N–H and O–H groups in total. The summed E-state index contributed by atoms with van der Waals surface area (Å²) in [6.45, 7) is 2.03. The maximum atomic E-state index is 12.6. The number of benzene rings is 1. The Labute approximate surface area is 137 Å². The number of hydrogen-bond donors (Lipinski definition) is 2. The molecule has 1 amide bonds. The minimum Gasteiger partial charge on any atom is -0.349 e. The van der Waals surface area contributed by atoms with Gasteiger partial charge in [0.1, 0.15) is 5.82 Å². The molecule has 3 rings (SSSR count). The van der Waals surface area contributed by atoms with Crippen LogP contribution in [-0.4, -0.2) is 16.9 Å². The predicted octanol–water partition coefficient (Wildman–Crippen LogP) is 4.20. The van der Waals surface area contributed by atoms with Crippen LogP contribution in [0.2, 0.25) is 0 Å². The van der Waals surface area contributed by atoms with Crippen molar-refractivity contribution >= 4 is 17.4 Å². The molecule has 0 aliphatic heterocycles. The second kappa shape index (κ2) is 7.27. The SMILES string of the molecule is Cc1ccccc1Nc1ncccc1C(=O)NC1CCCCC1. The van der Waals surface area contributed by atoms with Gasteiger partial charge in [0.2, 0.25) is 0 Å². The van der Waals surface area contributed by atoms with Crippen LogP contribution in [-0.2, 0) is 0 Å². The van der Waals surface area contributed by atoms with Crippen molar-refractivity contribution in [3.63, 3.8) is 0 Å². The third-order valence-electron chi connectivity index (χ3n) is 4.39. The normalized spacial score (nSPS) is 15.2. The molecular weight excluding hydrogens is 286 g/mol. The molecule has 1 aliphatic carbocycles. The zero-order valence-electron chi connectivity index (χ0n) is 13.5. The summed E-state index contributed by atoms with van der Waals surface area (Å²) in [7, 11) is 0. The fourth-order valence-corrected chi connectivity index (χ4v) is 3.04. The molecule has 1 fully saturated rings. The monoisotopic (exact) mass is 309 g/mol. The number of amides is 1. The molecule has 0 atom stereocenters. The first-order valence-electron chi connectivity index (χ1n) is 8.32. The number of pyridine rings is 1. The van der Waals surface area contributed by atoms with Gasteiger partial charge in [0.05, 0.1) is 5.56 Å². The van der Waals surface area contributed by atoms with E-state index in [0.29, 0.717) is 17.4 Å². The molecule has 0 bridgehead atoms. The van der Waals surface area contributed by atoms with Crippen molar-refractivity contribution in [1.82, 2.24) is 10.3 Å². The lowest BCUT2D eigenvalue weighted by molar-refractivity contribution is 0.0928. The highest BCUT2D eigenvalue weighted by Crippen LogP contribution is 2.22. The molecule has 120 valence electrons. The molecule has 1 saturated carbocycles. The number of hydrogen-bond acceptors (Lipinski definition) is 3. The van der Waals surface area contributed by atoms with Crippen LogP contribution in [0.4, 0.5) is 11.5 Å². The van der Waals surface area contributed by atoms with Crippen molar-refractivity contribution in [2.24, 2.45) is 0 Å². The predicted molar refractivity (Wildman–Crippen MR) is 93.0 cm³/mol. The van der Waals surface area contributed by atoms with Crippen LogP contribution in [0.15, 0.2) is 42.6 Å². The van der Waals surface area contributed by atoms with Gasteiger partial charge in [-0.25, -0.2) is 4.98 Å². The van der Waals surface area contributed by atoms with Crippen LogP contribution < -0.4 is 10.6 Å². The van der Waals surface area contributed by atoms with Crippen LogP contribution >= 0.6 is 0 Å². The third-order valence-corrected chi connectivity index (χ3v) is 4.39. The summed E-state index contributed by atoms with van der Waals surface area (Å²) < 4.78 is 0. The van der Waals surface area contributed by atoms with Gasteiger partial charge in [0, 0.05) is 17.9 Å². The molecule has 4 nitrogen and oxygen atoms in total. The van der Waals surface area contributed by atoms with Crippen molar-refractivity contribution in [2.45, 2.75) is 45.1 Å². The smallest absolute Gasteiger partial charge is 0.255 e. The van der Waals surface area contributed by atoms with Crippen LogP contribution in [0.3, 0.4) is 0 Å². The highest BCUT2D eigenvalue weighted by molar-refractivity contribution is 5.99. The lowest BCUT2D eigenvalue weighted by Gasteiger charge is -2.23. The number of aryl methyl sites for hydroxylation is 1. The molecule has 0 radical (unpaired) electrons. The summed E-state index contributed by atoms with van der Waals surface area (Å²) in [6.07, 6.45) is 7.54. The van der Waals surface area contributed by atoms with E-state index in [9.17, 15) is 4.79 Å². The number of carbonyl (C=O) groups excluding carboxylic acids is 1. The van der Waals surface area contributed by atoms with E-state index in [1.165, 1.54) is 19.3 Å². The number of anilines is 2. The molecule has 1 aliphatic rings. The molecule has 1 aromatic heterocycles. The van der Waals surface area contributed by atoms with Crippen molar-refractivity contribution in [3.8, 4) is 0 Å². The number of aromatic nitrogens is 1. The van der Waals surface area contributed by atoms with Crippen molar-refractivity contribution in [2.75, 3.05) is 5.32 Å². The van der Waals surface area contributed by atoms with Gasteiger partial charge in [-0.3, -0.25) is 4.79 Å². The van der Waals surface area contributed by atoms with E-state index in [-0.39, 0.29) is 5.91 Å². The van der Waals surface area contributed by atoms with E-state index in [1.807, 2.05) is 37.3 Å². The standard InChI is InChI=1S/C19H23N3O/c1-14-8-5-6-12-17(14)22-18-16(11-7-13-20-18)19(23)21-15-9-3-2-4-10-15/h5-8,11-13,15H,2-4,9-10H2,1H3,(H,20,22)(H,21,23). The van der Waals surface area contributed by atoms with E-state index in [4.69, 9.17) is 0 Å². The van der Waals surface area contributed by atoms with Crippen LogP contribution in [0, 0.1) is 6.92 Å². The van der Waals surface area contributed by atoms with E-state index in [0.717, 1.165) is 24.1 Å². The zero-order chi connectivity index (χ0) is 16.1. The number of carbonyl (C=O) groups is 1. The zero-order valence-corrected chi connectivity index (χ0v) is 13.5. The number of nitrogens with zero attached hydrogens (tertiary/aromatic N) is 1. The lowest BCUT2D eigenvalue weighted by atomic mass is 9.95. The maximum absolute atomic E-state index is 12.6. The first-order chi connectivity index (χ1) is 11.2. The fraction of sp³-hybridized carbons (Fsp3) is 0.368. The summed E-state index contributed by atoms with van der Waals surface area (Å²) in [6, 6.07) is 11.9. The van der Waals surface area contributed by atoms with Gasteiger partial charge in [0.15, 0.2) is 0 Å². The summed E-state index contributed by atoms with van der Waals surface area (Å²) in [5.41, 5.74) is 2.69. The third kappa shape index (κ3) is 3.89. The molecule has 4 heteroatoms. The van der Waals surface area contributed by atoms with Crippen LogP contribution in [0.25, 0.3) is 0 Å². The molecular formula is C19H23N3O. The topological polar surface area (TPSA) is 54.0 Å². The summed E-state index contributed by atoms with van der Waals surface area (Å²) in [5, 5.41) is 6.44. The summed E-state index contributed by atoms with van der Waals surface area (Å²) >= 11 is 0. The molecule has 2 aromatic rings. The molecule has 1 heterocycles. The number of nitrogens with one attached hydrogen (secondary N) is 2. The average Bonchev–Trinajstić information content (AvgIpc) is 2.58. The number of para-hydroxylation sites is 1. The fourth-order valence-electron chi connectivity index (χ4n) is 3.04. The first kappa shape index (κ1) is 15.5. The molecule has 23 heavy (non-hydrogen) atoms. The Balaban J connectivity index is 1.77. The Bertz CT molecular complexity index is 678. The van der Waals surface area contributed by atoms with Gasteiger partial charge in [-0.05, 0) is 43.5 Å². The summed E-state index contributed by atoms with van der Waals surface area (Å²) in [4.78, 5) is 17.0. The molecule has 0 saturated heterocycles. The van der Waals surface area contributed by atoms with E-state index < -0.39 is 0 Å². The lowest BCUT2D eigenvalue weighted by Crippen LogP contribution is -2.36. The van der Waals surface area contributed by atoms with Crippen LogP contribution in [0.5, 0.6) is 0 Å². The second-order valence-electron chi connectivity index (χ2n) is 6.15. The van der Waals surface area contributed by atoms with Gasteiger partial charge in [-0.15, -0.1) is 0 Å². The average molecular weight is 309 g/mol. The van der Waals surface area contributed by atoms with Crippen LogP contribution in [0.1, 0.15) is 48.0 Å². The highest BCUT2D eigenvalue weighted by Gasteiger charge is 2.19. The molecule has 0 unspecified atom stereocenters. The quantitative estimate of drug-likeness (QED) is 0.890. The first-order valence-corrected chi connectivity index (χ1v) is 8.32. The van der Waals surface area contributed by atoms with Crippen molar-refractivity contribution in [3.05, 3.63) is 53.7 Å². The largest absolute Gasteiger partial charge is 0.349 e. The van der Waals surface area contributed by atoms with E-state index >= 15 is 0 Å². The van der Waals surface area contributed by atoms with Crippen molar-refractivity contribution in [1.29, 1.82) is 0 Å². The Morgan fingerprint density at radius 2 is 1.87 bits per heavy atom. The van der Waals surface area contributed by atoms with Gasteiger partial charge in [-0.2, -0.15) is 0 Å². The Morgan fingerprint density at radius 3 is 2.65 bits per heavy atom. The molecule has 1 aromatic carbocycles. The Morgan fingerprint density at radius 1 is 1.09 bits per heavy atom. The van der Waals surface area contributed by atoms with Crippen molar-refractivity contribution < 1.29 is 4.79 Å². The van der Waals surface area contributed by atoms with Gasteiger partial charge < -0.3 is 10.6 Å². The highest BCUT2D eigenvalue weighted by atomic mass is 16.1. The minimum atomic E-state index is -0.0407. The Hall–Kier alpha value is -2.36. The second-order valence-corrected chi connectivity index (χ2v) is 6.15. The summed E-state index contributed by atoms with van der Waals surface area (Å²) in [5.74, 6) is 0.566. The van der Waals surface area contributed by atoms with Gasteiger partial charge in [0.25, 0.3) is 5.91 Å². The van der Waals surface area contributed by atoms with E-state index in [2.05, 4.69) is 15.6 Å². The number of rotatable bonds is 4. The minimum absolute atomic E-state index is 0.0407. The van der Waals surface area contributed by atoms with E-state index in [1.54, 1.807) is 12.3 Å². The van der Waals surface area contributed by atoms with Gasteiger partial charge in [-0.1, -0.05) is 37.5 Å². The Kier molecular flexibility index (Phi) is 4.91. The maximum Gasteiger partial charge on any atom is 0.255 e.